The van der Waals surface area contributed by atoms with Gasteiger partial charge in [0.15, 0.2) is 0 Å². The fourth-order valence-electron chi connectivity index (χ4n) is 1.03. The van der Waals surface area contributed by atoms with Crippen molar-refractivity contribution in [3.05, 3.63) is 0 Å². The summed E-state index contributed by atoms with van der Waals surface area (Å²) in [4.78, 5) is 0. The molecule has 0 radical (unpaired) electrons. The summed E-state index contributed by atoms with van der Waals surface area (Å²) in [6.45, 7) is 4.53. The summed E-state index contributed by atoms with van der Waals surface area (Å²) in [6, 6.07) is 0. The van der Waals surface area contributed by atoms with Crippen molar-refractivity contribution in [2.45, 2.75) is 58.8 Å². The molecular formula is C9H21Li. The van der Waals surface area contributed by atoms with Gasteiger partial charge in [-0.05, 0) is 0 Å². The SMILES string of the molecule is CCCCCCCCC.[H-].[Li+]. The van der Waals surface area contributed by atoms with Crippen LogP contribution < -0.4 is 18.9 Å². The van der Waals surface area contributed by atoms with Gasteiger partial charge in [-0.2, -0.15) is 0 Å². The number of hydrogen-bond acceptors (Lipinski definition) is 0. The molecule has 0 N–H and O–H groups in total. The molecular weight excluding hydrogens is 115 g/mol. The van der Waals surface area contributed by atoms with E-state index in [1.807, 2.05) is 0 Å². The molecule has 0 bridgehead atoms. The molecule has 10 heavy (non-hydrogen) atoms. The zero-order chi connectivity index (χ0) is 6.95. The Labute approximate surface area is 79.4 Å². The zero-order valence-corrected chi connectivity index (χ0v) is 7.95. The predicted octanol–water partition coefficient (Wildman–Crippen LogP) is 0.873. The van der Waals surface area contributed by atoms with Crippen molar-refractivity contribution in [3.63, 3.8) is 0 Å². The second kappa shape index (κ2) is 12.3. The summed E-state index contributed by atoms with van der Waals surface area (Å²) in [5.41, 5.74) is 0. The minimum atomic E-state index is 0. The van der Waals surface area contributed by atoms with Gasteiger partial charge in [0, 0.05) is 0 Å². The van der Waals surface area contributed by atoms with E-state index in [1.54, 1.807) is 0 Å². The molecule has 0 saturated heterocycles. The smallest absolute Gasteiger partial charge is 1.00 e. The Morgan fingerprint density at radius 3 is 1.30 bits per heavy atom. The average molecular weight is 136 g/mol. The van der Waals surface area contributed by atoms with E-state index in [2.05, 4.69) is 13.8 Å². The fraction of sp³-hybridized carbons (Fsp3) is 1.00. The van der Waals surface area contributed by atoms with E-state index in [9.17, 15) is 0 Å². The standard InChI is InChI=1S/C9H20.Li.H/c1-3-5-7-9-8-6-4-2;;/h3-9H2,1-2H3;;/q;+1;-1. The van der Waals surface area contributed by atoms with Crippen LogP contribution >= 0.6 is 0 Å². The maximum atomic E-state index is 2.26. The maximum absolute atomic E-state index is 2.26. The van der Waals surface area contributed by atoms with Gasteiger partial charge < -0.3 is 1.43 Å². The molecule has 0 spiro atoms. The molecule has 58 valence electrons. The third-order valence-corrected chi connectivity index (χ3v) is 1.71. The molecule has 0 aromatic carbocycles. The Morgan fingerprint density at radius 1 is 0.700 bits per heavy atom. The van der Waals surface area contributed by atoms with Crippen LogP contribution in [0.5, 0.6) is 0 Å². The Bertz CT molecular complexity index is 42.8. The average Bonchev–Trinajstić information content (AvgIpc) is 1.89. The van der Waals surface area contributed by atoms with Gasteiger partial charge in [-0.15, -0.1) is 0 Å². The first-order chi connectivity index (χ1) is 4.41. The molecule has 0 aliphatic rings. The molecule has 0 aliphatic carbocycles. The Morgan fingerprint density at radius 2 is 1.00 bits per heavy atom. The molecule has 0 unspecified atom stereocenters. The van der Waals surface area contributed by atoms with Gasteiger partial charge in [0.1, 0.15) is 0 Å². The van der Waals surface area contributed by atoms with Crippen molar-refractivity contribution < 1.29 is 20.3 Å². The van der Waals surface area contributed by atoms with E-state index in [0.717, 1.165) is 0 Å². The van der Waals surface area contributed by atoms with Gasteiger partial charge in [-0.25, -0.2) is 0 Å². The third-order valence-electron chi connectivity index (χ3n) is 1.71. The van der Waals surface area contributed by atoms with Crippen molar-refractivity contribution >= 4 is 0 Å². The molecule has 0 rings (SSSR count). The first kappa shape index (κ1) is 13.2. The van der Waals surface area contributed by atoms with E-state index in [1.165, 1.54) is 44.9 Å². The van der Waals surface area contributed by atoms with Crippen LogP contribution in [0.2, 0.25) is 0 Å². The molecule has 0 aromatic heterocycles. The number of hydrogen-bond donors (Lipinski definition) is 0. The van der Waals surface area contributed by atoms with Gasteiger partial charge in [-0.3, -0.25) is 0 Å². The van der Waals surface area contributed by atoms with Crippen molar-refractivity contribution in [2.24, 2.45) is 0 Å². The van der Waals surface area contributed by atoms with Crippen molar-refractivity contribution in [1.82, 2.24) is 0 Å². The zero-order valence-electron chi connectivity index (χ0n) is 8.95. The maximum Gasteiger partial charge on any atom is 1.00 e. The summed E-state index contributed by atoms with van der Waals surface area (Å²) >= 11 is 0. The summed E-state index contributed by atoms with van der Waals surface area (Å²) in [7, 11) is 0. The summed E-state index contributed by atoms with van der Waals surface area (Å²) in [5.74, 6) is 0. The van der Waals surface area contributed by atoms with Gasteiger partial charge in [0.25, 0.3) is 0 Å². The summed E-state index contributed by atoms with van der Waals surface area (Å²) in [5, 5.41) is 0. The van der Waals surface area contributed by atoms with Crippen LogP contribution in [0.25, 0.3) is 0 Å². The van der Waals surface area contributed by atoms with Crippen molar-refractivity contribution in [1.29, 1.82) is 0 Å². The second-order valence-corrected chi connectivity index (χ2v) is 2.77. The van der Waals surface area contributed by atoms with Gasteiger partial charge in [0.2, 0.25) is 0 Å². The van der Waals surface area contributed by atoms with Crippen LogP contribution in [0.1, 0.15) is 60.2 Å². The van der Waals surface area contributed by atoms with Crippen molar-refractivity contribution in [2.75, 3.05) is 0 Å². The molecule has 0 amide bonds. The Balaban J connectivity index is -0.000000320. The Kier molecular flexibility index (Phi) is 16.2. The number of unbranched alkanes of at least 4 members (excludes halogenated alkanes) is 6. The molecule has 0 aromatic rings. The fourth-order valence-corrected chi connectivity index (χ4v) is 1.03. The van der Waals surface area contributed by atoms with Crippen LogP contribution in [0.15, 0.2) is 0 Å². The topological polar surface area (TPSA) is 0 Å². The third kappa shape index (κ3) is 11.4. The molecule has 0 nitrogen and oxygen atoms in total. The minimum Gasteiger partial charge on any atom is -1.00 e. The van der Waals surface area contributed by atoms with Gasteiger partial charge in [0.05, 0.1) is 0 Å². The number of rotatable bonds is 6. The first-order valence-corrected chi connectivity index (χ1v) is 4.41. The van der Waals surface area contributed by atoms with Gasteiger partial charge >= 0.3 is 18.9 Å². The van der Waals surface area contributed by atoms with Crippen LogP contribution in [0.4, 0.5) is 0 Å². The second-order valence-electron chi connectivity index (χ2n) is 2.77. The van der Waals surface area contributed by atoms with Crippen LogP contribution in [-0.2, 0) is 0 Å². The van der Waals surface area contributed by atoms with Crippen LogP contribution in [0, 0.1) is 0 Å². The van der Waals surface area contributed by atoms with Crippen molar-refractivity contribution in [3.8, 4) is 0 Å². The molecule has 0 aliphatic heterocycles. The Hall–Kier alpha value is 0.597. The quantitative estimate of drug-likeness (QED) is 0.375. The van der Waals surface area contributed by atoms with E-state index in [-0.39, 0.29) is 20.3 Å². The van der Waals surface area contributed by atoms with Crippen LogP contribution in [-0.4, -0.2) is 0 Å². The summed E-state index contributed by atoms with van der Waals surface area (Å²) in [6.07, 6.45) is 9.97. The molecule has 0 saturated carbocycles. The molecule has 0 atom stereocenters. The van der Waals surface area contributed by atoms with E-state index in [0.29, 0.717) is 0 Å². The molecule has 1 heteroatoms. The van der Waals surface area contributed by atoms with Crippen LogP contribution in [0.3, 0.4) is 0 Å². The van der Waals surface area contributed by atoms with E-state index >= 15 is 0 Å². The molecule has 0 fully saturated rings. The predicted molar refractivity (Wildman–Crippen MR) is 44.8 cm³/mol. The monoisotopic (exact) mass is 136 g/mol. The first-order valence-electron chi connectivity index (χ1n) is 4.41. The van der Waals surface area contributed by atoms with E-state index in [4.69, 9.17) is 0 Å². The minimum absolute atomic E-state index is 0. The molecule has 0 heterocycles. The summed E-state index contributed by atoms with van der Waals surface area (Å²) < 4.78 is 0. The van der Waals surface area contributed by atoms with Gasteiger partial charge in [-0.1, -0.05) is 58.8 Å². The normalized spacial score (nSPS) is 9.00. The largest absolute Gasteiger partial charge is 1.00 e. The van der Waals surface area contributed by atoms with E-state index < -0.39 is 0 Å².